The molecule has 0 amide bonds. The van der Waals surface area contributed by atoms with E-state index in [-0.39, 0.29) is 17.9 Å². The minimum atomic E-state index is -4.35. The molecule has 114 valence electrons. The van der Waals surface area contributed by atoms with Gasteiger partial charge < -0.3 is 4.43 Å². The second kappa shape index (κ2) is 7.13. The van der Waals surface area contributed by atoms with E-state index in [4.69, 9.17) is 4.43 Å². The molecule has 2 nitrogen and oxygen atoms in total. The predicted molar refractivity (Wildman–Crippen MR) is 79.9 cm³/mol. The van der Waals surface area contributed by atoms with Crippen LogP contribution in [0.1, 0.15) is 20.8 Å². The molecule has 0 aromatic heterocycles. The van der Waals surface area contributed by atoms with Crippen LogP contribution < -0.4 is 0 Å². The summed E-state index contributed by atoms with van der Waals surface area (Å²) in [5.74, 6) is 0.529. The van der Waals surface area contributed by atoms with Crippen molar-refractivity contribution in [3.05, 3.63) is 0 Å². The van der Waals surface area contributed by atoms with Crippen LogP contribution >= 0.6 is 11.8 Å². The molecule has 0 spiro atoms. The van der Waals surface area contributed by atoms with Crippen LogP contribution in [-0.4, -0.2) is 45.4 Å². The fraction of sp³-hybridized carbons (Fsp3) is 0.917. The summed E-state index contributed by atoms with van der Waals surface area (Å²) in [4.78, 5) is 3.60. The minimum Gasteiger partial charge on any atom is -0.415 e. The molecule has 0 rings (SSSR count). The van der Waals surface area contributed by atoms with Crippen molar-refractivity contribution in [3.63, 3.8) is 0 Å². The third-order valence-electron chi connectivity index (χ3n) is 3.23. The van der Waals surface area contributed by atoms with E-state index in [0.29, 0.717) is 5.75 Å². The zero-order valence-corrected chi connectivity index (χ0v) is 14.3. The molecular formula is C12H24F3NOSSi. The van der Waals surface area contributed by atoms with Crippen molar-refractivity contribution in [3.8, 4) is 0 Å². The first-order valence-electron chi connectivity index (χ1n) is 6.13. The van der Waals surface area contributed by atoms with E-state index in [2.05, 4.69) is 38.9 Å². The third-order valence-corrected chi connectivity index (χ3v) is 8.45. The van der Waals surface area contributed by atoms with E-state index in [1.807, 2.05) is 6.26 Å². The molecule has 0 heterocycles. The maximum atomic E-state index is 12.1. The van der Waals surface area contributed by atoms with Crippen LogP contribution in [0.25, 0.3) is 0 Å². The van der Waals surface area contributed by atoms with Gasteiger partial charge in [-0.15, -0.1) is 0 Å². The lowest BCUT2D eigenvalue weighted by molar-refractivity contribution is -0.0539. The maximum Gasteiger partial charge on any atom is 0.426 e. The first kappa shape index (κ1) is 19.0. The number of halogens is 3. The summed E-state index contributed by atoms with van der Waals surface area (Å²) in [6.45, 7) is 10.7. The molecule has 0 saturated heterocycles. The van der Waals surface area contributed by atoms with Crippen LogP contribution in [-0.2, 0) is 4.43 Å². The van der Waals surface area contributed by atoms with Gasteiger partial charge in [-0.3, -0.25) is 4.99 Å². The molecule has 19 heavy (non-hydrogen) atoms. The standard InChI is InChI=1S/C12H24F3NOSSi/c1-11(2,3)19(5,6)17-7-10(8-18-4)16-9-12(13,14)15/h9-10H,7-8H2,1-6H3/b16-9+/t10-/m1/s1. The summed E-state index contributed by atoms with van der Waals surface area (Å²) in [7, 11) is -1.94. The Morgan fingerprint density at radius 1 is 1.26 bits per heavy atom. The number of hydrogen-bond donors (Lipinski definition) is 0. The Morgan fingerprint density at radius 3 is 2.16 bits per heavy atom. The summed E-state index contributed by atoms with van der Waals surface area (Å²) in [6, 6.07) is -0.439. The molecule has 0 aliphatic rings. The highest BCUT2D eigenvalue weighted by Crippen LogP contribution is 2.36. The van der Waals surface area contributed by atoms with Crippen molar-refractivity contribution in [2.45, 2.75) is 51.1 Å². The number of hydrogen-bond acceptors (Lipinski definition) is 3. The zero-order valence-electron chi connectivity index (χ0n) is 12.5. The fourth-order valence-corrected chi connectivity index (χ4v) is 2.65. The van der Waals surface area contributed by atoms with Gasteiger partial charge in [0.2, 0.25) is 0 Å². The second-order valence-corrected chi connectivity index (χ2v) is 11.7. The van der Waals surface area contributed by atoms with Crippen LogP contribution in [0.2, 0.25) is 18.1 Å². The van der Waals surface area contributed by atoms with Gasteiger partial charge in [-0.2, -0.15) is 24.9 Å². The highest BCUT2D eigenvalue weighted by Gasteiger charge is 2.37. The lowest BCUT2D eigenvalue weighted by Gasteiger charge is -2.36. The van der Waals surface area contributed by atoms with Gasteiger partial charge in [0, 0.05) is 5.75 Å². The van der Waals surface area contributed by atoms with Crippen LogP contribution in [0, 0.1) is 0 Å². The van der Waals surface area contributed by atoms with Crippen LogP contribution in [0.4, 0.5) is 13.2 Å². The molecule has 0 aliphatic heterocycles. The lowest BCUT2D eigenvalue weighted by Crippen LogP contribution is -2.42. The number of nitrogens with zero attached hydrogens (tertiary/aromatic N) is 1. The number of aliphatic imine (C=N–C) groups is 1. The molecule has 0 aliphatic carbocycles. The van der Waals surface area contributed by atoms with Crippen molar-refractivity contribution >= 4 is 26.3 Å². The van der Waals surface area contributed by atoms with Crippen molar-refractivity contribution in [2.75, 3.05) is 18.6 Å². The SMILES string of the molecule is CSC[C@@H](CO[Si](C)(C)C(C)(C)C)/N=C/C(F)(F)F. The Morgan fingerprint density at radius 2 is 1.79 bits per heavy atom. The maximum absolute atomic E-state index is 12.1. The van der Waals surface area contributed by atoms with Crippen LogP contribution in [0.3, 0.4) is 0 Å². The van der Waals surface area contributed by atoms with Gasteiger partial charge in [0.05, 0.1) is 12.6 Å². The van der Waals surface area contributed by atoms with E-state index in [0.717, 1.165) is 0 Å². The molecular weight excluding hydrogens is 291 g/mol. The normalized spacial score (nSPS) is 16.1. The largest absolute Gasteiger partial charge is 0.426 e. The number of alkyl halides is 3. The topological polar surface area (TPSA) is 21.6 Å². The van der Waals surface area contributed by atoms with Crippen molar-refractivity contribution in [1.29, 1.82) is 0 Å². The highest BCUT2D eigenvalue weighted by atomic mass is 32.2. The first-order chi connectivity index (χ1) is 8.39. The van der Waals surface area contributed by atoms with Gasteiger partial charge in [0.15, 0.2) is 8.32 Å². The highest BCUT2D eigenvalue weighted by molar-refractivity contribution is 7.98. The molecule has 0 aromatic rings. The molecule has 0 N–H and O–H groups in total. The van der Waals surface area contributed by atoms with E-state index < -0.39 is 20.5 Å². The molecule has 1 atom stereocenters. The smallest absolute Gasteiger partial charge is 0.415 e. The molecule has 0 radical (unpaired) electrons. The molecule has 0 bridgehead atoms. The van der Waals surface area contributed by atoms with Gasteiger partial charge in [0.1, 0.15) is 6.21 Å². The summed E-state index contributed by atoms with van der Waals surface area (Å²) in [5, 5.41) is 0.0463. The average Bonchev–Trinajstić information content (AvgIpc) is 2.19. The molecule has 0 unspecified atom stereocenters. The Balaban J connectivity index is 4.58. The summed E-state index contributed by atoms with van der Waals surface area (Å²) < 4.78 is 42.3. The molecule has 0 saturated carbocycles. The van der Waals surface area contributed by atoms with Crippen LogP contribution in [0.5, 0.6) is 0 Å². The molecule has 7 heteroatoms. The minimum absolute atomic E-state index is 0.0463. The van der Waals surface area contributed by atoms with Gasteiger partial charge >= 0.3 is 6.18 Å². The third kappa shape index (κ3) is 7.99. The van der Waals surface area contributed by atoms with Gasteiger partial charge in [-0.25, -0.2) is 0 Å². The summed E-state index contributed by atoms with van der Waals surface area (Å²) >= 11 is 1.47. The monoisotopic (exact) mass is 315 g/mol. The van der Waals surface area contributed by atoms with Crippen molar-refractivity contribution in [1.82, 2.24) is 0 Å². The van der Waals surface area contributed by atoms with E-state index in [1.165, 1.54) is 11.8 Å². The summed E-state index contributed by atoms with van der Waals surface area (Å²) in [5.41, 5.74) is 0. The first-order valence-corrected chi connectivity index (χ1v) is 10.4. The quantitative estimate of drug-likeness (QED) is 0.536. The van der Waals surface area contributed by atoms with Gasteiger partial charge in [0.25, 0.3) is 0 Å². The average molecular weight is 315 g/mol. The molecule has 0 aromatic carbocycles. The number of rotatable bonds is 6. The van der Waals surface area contributed by atoms with Gasteiger partial charge in [-0.05, 0) is 24.4 Å². The Labute approximate surface area is 119 Å². The van der Waals surface area contributed by atoms with Crippen molar-refractivity contribution < 1.29 is 17.6 Å². The van der Waals surface area contributed by atoms with Crippen LogP contribution in [0.15, 0.2) is 4.99 Å². The molecule has 0 fully saturated rings. The van der Waals surface area contributed by atoms with E-state index in [9.17, 15) is 13.2 Å². The van der Waals surface area contributed by atoms with E-state index in [1.54, 1.807) is 0 Å². The number of thioether (sulfide) groups is 1. The Bertz CT molecular complexity index is 300. The summed E-state index contributed by atoms with van der Waals surface area (Å²) in [6.07, 6.45) is -2.43. The van der Waals surface area contributed by atoms with Crippen molar-refractivity contribution in [2.24, 2.45) is 4.99 Å². The van der Waals surface area contributed by atoms with E-state index >= 15 is 0 Å². The Kier molecular flexibility index (Phi) is 7.12. The fourth-order valence-electron chi connectivity index (χ4n) is 1.04. The van der Waals surface area contributed by atoms with Gasteiger partial charge in [-0.1, -0.05) is 20.8 Å². The lowest BCUT2D eigenvalue weighted by atomic mass is 10.2. The Hall–Kier alpha value is -0.0131. The predicted octanol–water partition coefficient (Wildman–Crippen LogP) is 4.37. The zero-order chi connectivity index (χ0) is 15.3. The second-order valence-electron chi connectivity index (χ2n) is 6.00.